The molecule has 128 valence electrons. The van der Waals surface area contributed by atoms with Crippen LogP contribution in [-0.4, -0.2) is 46.3 Å². The monoisotopic (exact) mass is 328 g/mol. The molecule has 0 aliphatic carbocycles. The summed E-state index contributed by atoms with van der Waals surface area (Å²) < 4.78 is 7.77. The van der Waals surface area contributed by atoms with Crippen LogP contribution in [0.5, 0.6) is 5.75 Å². The van der Waals surface area contributed by atoms with Gasteiger partial charge < -0.3 is 10.1 Å². The lowest BCUT2D eigenvalue weighted by Gasteiger charge is -2.31. The molecule has 1 N–H and O–H groups in total. The molecule has 0 radical (unpaired) electrons. The Hall–Kier alpha value is -2.34. The highest BCUT2D eigenvalue weighted by atomic mass is 16.5. The van der Waals surface area contributed by atoms with Crippen LogP contribution in [0.2, 0.25) is 0 Å². The van der Waals surface area contributed by atoms with Gasteiger partial charge in [0.1, 0.15) is 11.9 Å². The van der Waals surface area contributed by atoms with Crippen LogP contribution in [0.25, 0.3) is 0 Å². The van der Waals surface area contributed by atoms with Crippen molar-refractivity contribution in [3.8, 4) is 5.75 Å². The molecule has 1 aromatic carbocycles. The summed E-state index contributed by atoms with van der Waals surface area (Å²) in [6, 6.07) is 8.10. The van der Waals surface area contributed by atoms with Gasteiger partial charge in [-0.25, -0.2) is 0 Å². The summed E-state index contributed by atoms with van der Waals surface area (Å²) in [5.41, 5.74) is 1.90. The summed E-state index contributed by atoms with van der Waals surface area (Å²) in [6.07, 6.45) is 5.55. The molecular weight excluding hydrogens is 304 g/mol. The van der Waals surface area contributed by atoms with Crippen LogP contribution >= 0.6 is 0 Å². The third-order valence-corrected chi connectivity index (χ3v) is 4.28. The van der Waals surface area contributed by atoms with E-state index >= 15 is 0 Å². The van der Waals surface area contributed by atoms with Gasteiger partial charge in [-0.05, 0) is 31.4 Å². The Labute approximate surface area is 142 Å². The van der Waals surface area contributed by atoms with E-state index in [1.54, 1.807) is 17.1 Å². The molecular formula is C18H24N4O2. The summed E-state index contributed by atoms with van der Waals surface area (Å²) in [7, 11) is 1.83. The van der Waals surface area contributed by atoms with Gasteiger partial charge in [-0.2, -0.15) is 5.10 Å². The highest BCUT2D eigenvalue weighted by Gasteiger charge is 2.22. The number of rotatable bonds is 5. The van der Waals surface area contributed by atoms with Crippen LogP contribution < -0.4 is 10.1 Å². The van der Waals surface area contributed by atoms with Crippen molar-refractivity contribution in [3.05, 3.63) is 42.2 Å². The maximum atomic E-state index is 12.1. The van der Waals surface area contributed by atoms with E-state index in [-0.39, 0.29) is 12.0 Å². The molecule has 2 heterocycles. The number of hydrogen-bond donors (Lipinski definition) is 1. The number of para-hydroxylation sites is 1. The topological polar surface area (TPSA) is 59.4 Å². The fourth-order valence-corrected chi connectivity index (χ4v) is 2.94. The molecule has 1 aromatic heterocycles. The standard InChI is InChI=1S/C18H24N4O2/c1-14-5-3-4-6-17(14)24-16-7-9-22(10-8-16)13-18(23)20-15-11-19-21(2)12-15/h3-6,11-12,16H,7-10,13H2,1-2H3,(H,20,23). The highest BCUT2D eigenvalue weighted by Crippen LogP contribution is 2.22. The molecule has 0 saturated carbocycles. The van der Waals surface area contributed by atoms with Gasteiger partial charge in [0.2, 0.25) is 5.91 Å². The third kappa shape index (κ3) is 4.35. The Morgan fingerprint density at radius 1 is 1.33 bits per heavy atom. The molecule has 1 aliphatic rings. The largest absolute Gasteiger partial charge is 0.490 e. The van der Waals surface area contributed by atoms with Crippen LogP contribution in [-0.2, 0) is 11.8 Å². The fourth-order valence-electron chi connectivity index (χ4n) is 2.94. The van der Waals surface area contributed by atoms with Crippen LogP contribution in [0.3, 0.4) is 0 Å². The fraction of sp³-hybridized carbons (Fsp3) is 0.444. The number of carbonyl (C=O) groups is 1. The zero-order valence-electron chi connectivity index (χ0n) is 14.2. The minimum Gasteiger partial charge on any atom is -0.490 e. The molecule has 1 saturated heterocycles. The van der Waals surface area contributed by atoms with Crippen LogP contribution in [0.4, 0.5) is 5.69 Å². The molecule has 0 spiro atoms. The molecule has 1 aliphatic heterocycles. The van der Waals surface area contributed by atoms with E-state index < -0.39 is 0 Å². The Balaban J connectivity index is 1.43. The lowest BCUT2D eigenvalue weighted by atomic mass is 10.1. The summed E-state index contributed by atoms with van der Waals surface area (Å²) in [4.78, 5) is 14.3. The highest BCUT2D eigenvalue weighted by molar-refractivity contribution is 5.91. The first-order chi connectivity index (χ1) is 11.6. The van der Waals surface area contributed by atoms with Crippen LogP contribution in [0.15, 0.2) is 36.7 Å². The van der Waals surface area contributed by atoms with Crippen molar-refractivity contribution >= 4 is 11.6 Å². The molecule has 2 aromatic rings. The second-order valence-electron chi connectivity index (χ2n) is 6.31. The minimum atomic E-state index is 0.00118. The zero-order valence-corrected chi connectivity index (χ0v) is 14.2. The number of aryl methyl sites for hydroxylation is 2. The molecule has 6 heteroatoms. The van der Waals surface area contributed by atoms with Gasteiger partial charge in [0.15, 0.2) is 0 Å². The normalized spacial score (nSPS) is 16.1. The average molecular weight is 328 g/mol. The van der Waals surface area contributed by atoms with Gasteiger partial charge in [0.25, 0.3) is 0 Å². The zero-order chi connectivity index (χ0) is 16.9. The maximum absolute atomic E-state index is 12.1. The van der Waals surface area contributed by atoms with Crippen molar-refractivity contribution in [2.45, 2.75) is 25.9 Å². The predicted molar refractivity (Wildman–Crippen MR) is 93.1 cm³/mol. The van der Waals surface area contributed by atoms with Crippen molar-refractivity contribution < 1.29 is 9.53 Å². The Kier molecular flexibility index (Phi) is 5.15. The molecule has 1 fully saturated rings. The smallest absolute Gasteiger partial charge is 0.238 e. The first kappa shape index (κ1) is 16.5. The third-order valence-electron chi connectivity index (χ3n) is 4.28. The number of amides is 1. The first-order valence-corrected chi connectivity index (χ1v) is 8.33. The Morgan fingerprint density at radius 2 is 2.08 bits per heavy atom. The van der Waals surface area contributed by atoms with E-state index in [0.29, 0.717) is 6.54 Å². The van der Waals surface area contributed by atoms with E-state index in [1.165, 1.54) is 0 Å². The molecule has 0 bridgehead atoms. The number of aromatic nitrogens is 2. The van der Waals surface area contributed by atoms with Crippen molar-refractivity contribution in [2.24, 2.45) is 7.05 Å². The number of nitrogens with zero attached hydrogens (tertiary/aromatic N) is 3. The second kappa shape index (κ2) is 7.49. The van der Waals surface area contributed by atoms with E-state index in [1.807, 2.05) is 25.2 Å². The van der Waals surface area contributed by atoms with Crippen molar-refractivity contribution in [1.29, 1.82) is 0 Å². The summed E-state index contributed by atoms with van der Waals surface area (Å²) in [6.45, 7) is 4.22. The van der Waals surface area contributed by atoms with Crippen molar-refractivity contribution in [3.63, 3.8) is 0 Å². The molecule has 24 heavy (non-hydrogen) atoms. The molecule has 6 nitrogen and oxygen atoms in total. The number of carbonyl (C=O) groups excluding carboxylic acids is 1. The molecule has 3 rings (SSSR count). The SMILES string of the molecule is Cc1ccccc1OC1CCN(CC(=O)Nc2cnn(C)c2)CC1. The molecule has 0 unspecified atom stereocenters. The van der Waals surface area contributed by atoms with E-state index in [4.69, 9.17) is 4.74 Å². The number of likely N-dealkylation sites (tertiary alicyclic amines) is 1. The van der Waals surface area contributed by atoms with E-state index in [9.17, 15) is 4.79 Å². The van der Waals surface area contributed by atoms with Gasteiger partial charge in [0, 0.05) is 26.3 Å². The number of piperidine rings is 1. The predicted octanol–water partition coefficient (Wildman–Crippen LogP) is 2.21. The summed E-state index contributed by atoms with van der Waals surface area (Å²) >= 11 is 0. The van der Waals surface area contributed by atoms with Gasteiger partial charge >= 0.3 is 0 Å². The number of anilines is 1. The average Bonchev–Trinajstić information content (AvgIpc) is 2.96. The number of hydrogen-bond acceptors (Lipinski definition) is 4. The number of ether oxygens (including phenoxy) is 1. The van der Waals surface area contributed by atoms with Gasteiger partial charge in [-0.1, -0.05) is 18.2 Å². The van der Waals surface area contributed by atoms with Crippen LogP contribution in [0, 0.1) is 6.92 Å². The molecule has 0 atom stereocenters. The minimum absolute atomic E-state index is 0.00118. The van der Waals surface area contributed by atoms with E-state index in [2.05, 4.69) is 28.3 Å². The number of benzene rings is 1. The maximum Gasteiger partial charge on any atom is 0.238 e. The first-order valence-electron chi connectivity index (χ1n) is 8.33. The summed E-state index contributed by atoms with van der Waals surface area (Å²) in [5.74, 6) is 0.964. The van der Waals surface area contributed by atoms with E-state index in [0.717, 1.165) is 42.9 Å². The van der Waals surface area contributed by atoms with Gasteiger partial charge in [-0.3, -0.25) is 14.4 Å². The number of nitrogens with one attached hydrogen (secondary N) is 1. The second-order valence-corrected chi connectivity index (χ2v) is 6.31. The van der Waals surface area contributed by atoms with Gasteiger partial charge in [-0.15, -0.1) is 0 Å². The summed E-state index contributed by atoms with van der Waals surface area (Å²) in [5, 5.41) is 6.92. The molecule has 1 amide bonds. The van der Waals surface area contributed by atoms with Crippen molar-refractivity contribution in [2.75, 3.05) is 25.0 Å². The Morgan fingerprint density at radius 3 is 2.75 bits per heavy atom. The van der Waals surface area contributed by atoms with Gasteiger partial charge in [0.05, 0.1) is 18.4 Å². The quantitative estimate of drug-likeness (QED) is 0.914. The Bertz CT molecular complexity index is 690. The van der Waals surface area contributed by atoms with Crippen molar-refractivity contribution in [1.82, 2.24) is 14.7 Å². The lowest BCUT2D eigenvalue weighted by molar-refractivity contribution is -0.117. The lowest BCUT2D eigenvalue weighted by Crippen LogP contribution is -2.42. The van der Waals surface area contributed by atoms with Crippen LogP contribution in [0.1, 0.15) is 18.4 Å².